The summed E-state index contributed by atoms with van der Waals surface area (Å²) in [6.45, 7) is 2.29. The average Bonchev–Trinajstić information content (AvgIpc) is 3.93. The number of allylic oxidation sites excluding steroid dienone is 2. The van der Waals surface area contributed by atoms with Crippen molar-refractivity contribution in [3.8, 4) is 28.0 Å². The minimum Gasteiger partial charge on any atom is -0.485 e. The van der Waals surface area contributed by atoms with Crippen molar-refractivity contribution in [3.05, 3.63) is 162 Å². The Morgan fingerprint density at radius 2 is 1.31 bits per heavy atom. The molecule has 3 nitrogen and oxygen atoms in total. The van der Waals surface area contributed by atoms with Gasteiger partial charge in [-0.3, -0.25) is 0 Å². The van der Waals surface area contributed by atoms with E-state index >= 15 is 0 Å². The highest BCUT2D eigenvalue weighted by Gasteiger charge is 2.43. The first kappa shape index (κ1) is 28.9. The minimum absolute atomic E-state index is 0.0447. The average molecular weight is 692 g/mol. The van der Waals surface area contributed by atoms with Crippen LogP contribution in [0.4, 0.5) is 0 Å². The van der Waals surface area contributed by atoms with E-state index in [2.05, 4.69) is 151 Å². The fourth-order valence-corrected chi connectivity index (χ4v) is 10.0. The number of aromatic nitrogens is 1. The first-order valence-electron chi connectivity index (χ1n) is 19.1. The Morgan fingerprint density at radius 1 is 0.611 bits per heavy atom. The molecule has 0 saturated carbocycles. The van der Waals surface area contributed by atoms with Crippen LogP contribution in [0.2, 0.25) is 0 Å². The fourth-order valence-electron chi connectivity index (χ4n) is 10.0. The lowest BCUT2D eigenvalue weighted by atomic mass is 9.76. The Hall–Kier alpha value is -6.58. The highest BCUT2D eigenvalue weighted by Crippen LogP contribution is 2.47. The lowest BCUT2D eigenvalue weighted by Gasteiger charge is -2.27. The highest BCUT2D eigenvalue weighted by atomic mass is 16.5. The number of ether oxygens (including phenoxy) is 1. The predicted octanol–water partition coefficient (Wildman–Crippen LogP) is 12.4. The summed E-state index contributed by atoms with van der Waals surface area (Å²) in [5, 5.41) is 11.5. The standard InChI is InChI=1S/C51H33NO2/c1-51-20-5-4-11-49(51)54-48-19-17-34(26-43(48)51)30-13-15-33-24-41-39-9-6-8-38-40-23-32-14-12-29(31-16-18-47-42(25-31)37-7-2-3-10-46(37)53-47)21-35(32)27-44(40)52(50(38)39)45(41)28-36(33)22-30/h2-5,7,9-28,49H,6,8H2,1H3. The van der Waals surface area contributed by atoms with Gasteiger partial charge in [-0.15, -0.1) is 0 Å². The molecule has 2 atom stereocenters. The third-order valence-corrected chi connectivity index (χ3v) is 12.8. The smallest absolute Gasteiger partial charge is 0.135 e. The number of furan rings is 1. The summed E-state index contributed by atoms with van der Waals surface area (Å²) < 4.78 is 15.0. The second kappa shape index (κ2) is 10.1. The molecule has 0 saturated heterocycles. The number of hydrogen-bond acceptors (Lipinski definition) is 2. The SMILES string of the molecule is CC12C=CC=CC1Oc1ccc(-c3ccc4cc5c6c7c(c8cc9ccc(-c%10ccc%11oc%12ccccc%12c%11c%10)cc9cc8n7c5cc4c3)CCC=6)cc12. The summed E-state index contributed by atoms with van der Waals surface area (Å²) in [7, 11) is 0. The number of nitrogens with zero attached hydrogens (tertiary/aromatic N) is 1. The fraction of sp³-hybridized carbons (Fsp3) is 0.0980. The van der Waals surface area contributed by atoms with Gasteiger partial charge in [0.05, 0.1) is 22.0 Å². The van der Waals surface area contributed by atoms with Crippen molar-refractivity contribution in [2.24, 2.45) is 0 Å². The van der Waals surface area contributed by atoms with Crippen molar-refractivity contribution < 1.29 is 9.15 Å². The molecule has 3 aromatic heterocycles. The van der Waals surface area contributed by atoms with Gasteiger partial charge < -0.3 is 13.6 Å². The van der Waals surface area contributed by atoms with Gasteiger partial charge in [-0.1, -0.05) is 78.9 Å². The molecule has 7 aromatic carbocycles. The van der Waals surface area contributed by atoms with Crippen LogP contribution >= 0.6 is 0 Å². The maximum absolute atomic E-state index is 6.35. The minimum atomic E-state index is -0.149. The van der Waals surface area contributed by atoms with Crippen molar-refractivity contribution in [3.63, 3.8) is 0 Å². The van der Waals surface area contributed by atoms with E-state index in [-0.39, 0.29) is 11.5 Å². The maximum Gasteiger partial charge on any atom is 0.135 e. The molecule has 2 unspecified atom stereocenters. The molecule has 0 fully saturated rings. The number of fused-ring (bicyclic) bond motifs is 14. The van der Waals surface area contributed by atoms with Gasteiger partial charge in [-0.2, -0.15) is 0 Å². The third-order valence-electron chi connectivity index (χ3n) is 12.8. The molecular weight excluding hydrogens is 659 g/mol. The van der Waals surface area contributed by atoms with Crippen LogP contribution in [0.25, 0.3) is 99.1 Å². The van der Waals surface area contributed by atoms with Gasteiger partial charge >= 0.3 is 0 Å². The van der Waals surface area contributed by atoms with Crippen LogP contribution in [0, 0.1) is 0 Å². The second-order valence-electron chi connectivity index (χ2n) is 15.8. The van der Waals surface area contributed by atoms with Crippen molar-refractivity contribution in [1.29, 1.82) is 0 Å². The van der Waals surface area contributed by atoms with Crippen LogP contribution in [-0.4, -0.2) is 10.5 Å². The van der Waals surface area contributed by atoms with Crippen LogP contribution in [0.3, 0.4) is 0 Å². The van der Waals surface area contributed by atoms with Crippen LogP contribution in [0.1, 0.15) is 24.5 Å². The summed E-state index contributed by atoms with van der Waals surface area (Å²) in [5.74, 6) is 0.987. The molecule has 2 aliphatic carbocycles. The Balaban J connectivity index is 0.986. The van der Waals surface area contributed by atoms with Gasteiger partial charge in [0.15, 0.2) is 0 Å². The van der Waals surface area contributed by atoms with E-state index in [0.29, 0.717) is 0 Å². The molecule has 0 spiro atoms. The van der Waals surface area contributed by atoms with E-state index in [0.717, 1.165) is 40.5 Å². The molecule has 254 valence electrons. The number of rotatable bonds is 2. The lowest BCUT2D eigenvalue weighted by molar-refractivity contribution is 0.228. The van der Waals surface area contributed by atoms with Gasteiger partial charge in [0.2, 0.25) is 0 Å². The van der Waals surface area contributed by atoms with Gasteiger partial charge in [0, 0.05) is 32.3 Å². The number of aryl methyl sites for hydroxylation is 1. The van der Waals surface area contributed by atoms with E-state index in [9.17, 15) is 0 Å². The highest BCUT2D eigenvalue weighted by molar-refractivity contribution is 6.11. The topological polar surface area (TPSA) is 26.8 Å². The van der Waals surface area contributed by atoms with Crippen molar-refractivity contribution >= 4 is 76.9 Å². The molecule has 0 radical (unpaired) electrons. The Kier molecular flexibility index (Phi) is 5.41. The molecule has 0 bridgehead atoms. The van der Waals surface area contributed by atoms with E-state index in [1.165, 1.54) is 87.5 Å². The molecule has 54 heavy (non-hydrogen) atoms. The molecule has 1 aliphatic heterocycles. The van der Waals surface area contributed by atoms with Crippen LogP contribution in [-0.2, 0) is 11.8 Å². The number of para-hydroxylation sites is 1. The van der Waals surface area contributed by atoms with Gasteiger partial charge in [0.1, 0.15) is 23.0 Å². The summed E-state index contributed by atoms with van der Waals surface area (Å²) >= 11 is 0. The van der Waals surface area contributed by atoms with Crippen LogP contribution < -0.4 is 9.96 Å². The van der Waals surface area contributed by atoms with Gasteiger partial charge in [0.25, 0.3) is 0 Å². The van der Waals surface area contributed by atoms with Crippen LogP contribution in [0.15, 0.2) is 150 Å². The zero-order valence-corrected chi connectivity index (χ0v) is 29.7. The molecule has 3 heteroatoms. The van der Waals surface area contributed by atoms with Crippen molar-refractivity contribution in [1.82, 2.24) is 4.40 Å². The molecule has 13 rings (SSSR count). The number of hydrogen-bond donors (Lipinski definition) is 0. The lowest BCUT2D eigenvalue weighted by Crippen LogP contribution is -2.32. The van der Waals surface area contributed by atoms with E-state index in [1.54, 1.807) is 0 Å². The quantitative estimate of drug-likeness (QED) is 0.180. The summed E-state index contributed by atoms with van der Waals surface area (Å²) in [6, 6.07) is 45.2. The summed E-state index contributed by atoms with van der Waals surface area (Å²) in [5.41, 5.74) is 13.3. The Bertz CT molecular complexity index is 3450. The van der Waals surface area contributed by atoms with E-state index < -0.39 is 0 Å². The third kappa shape index (κ3) is 3.76. The predicted molar refractivity (Wildman–Crippen MR) is 224 cm³/mol. The summed E-state index contributed by atoms with van der Waals surface area (Å²) in [6.07, 6.45) is 13.3. The normalized spacial score (nSPS) is 18.7. The second-order valence-corrected chi connectivity index (χ2v) is 15.8. The van der Waals surface area contributed by atoms with E-state index in [1.807, 2.05) is 12.1 Å². The Labute approximate surface area is 310 Å². The first-order valence-corrected chi connectivity index (χ1v) is 19.1. The monoisotopic (exact) mass is 691 g/mol. The van der Waals surface area contributed by atoms with Gasteiger partial charge in [-0.25, -0.2) is 0 Å². The molecule has 0 N–H and O–H groups in total. The number of benzene rings is 7. The summed E-state index contributed by atoms with van der Waals surface area (Å²) in [4.78, 5) is 0. The van der Waals surface area contributed by atoms with Gasteiger partial charge in [-0.05, 0) is 142 Å². The Morgan fingerprint density at radius 3 is 2.17 bits per heavy atom. The molecule has 3 aliphatic rings. The molecule has 10 aromatic rings. The maximum atomic E-state index is 6.35. The van der Waals surface area contributed by atoms with Crippen molar-refractivity contribution in [2.75, 3.05) is 0 Å². The molecular formula is C51H33NO2. The zero-order chi connectivity index (χ0) is 35.3. The first-order chi connectivity index (χ1) is 26.6. The largest absolute Gasteiger partial charge is 0.485 e. The van der Waals surface area contributed by atoms with Crippen molar-refractivity contribution in [2.45, 2.75) is 31.3 Å². The molecule has 4 heterocycles. The van der Waals surface area contributed by atoms with E-state index in [4.69, 9.17) is 9.15 Å². The molecule has 0 amide bonds. The van der Waals surface area contributed by atoms with Crippen LogP contribution in [0.5, 0.6) is 5.75 Å². The zero-order valence-electron chi connectivity index (χ0n) is 29.7.